The number of aliphatic hydroxyl groups excluding tert-OH is 1. The number of aliphatic carboxylic acids is 1. The molecule has 3 aromatic rings. The van der Waals surface area contributed by atoms with Gasteiger partial charge in [0.05, 0.1) is 18.6 Å². The van der Waals surface area contributed by atoms with E-state index >= 15 is 0 Å². The largest absolute Gasteiger partial charge is 0.481 e. The number of carboxylic acid groups (broad SMARTS) is 1. The Labute approximate surface area is 165 Å². The molecule has 0 heterocycles. The number of carboxylic acids is 1. The van der Waals surface area contributed by atoms with Crippen LogP contribution in [0.2, 0.25) is 0 Å². The lowest BCUT2D eigenvalue weighted by atomic mass is 9.96. The molecule has 2 atom stereocenters. The summed E-state index contributed by atoms with van der Waals surface area (Å²) >= 11 is 0. The third-order valence-electron chi connectivity index (χ3n) is 4.74. The zero-order valence-corrected chi connectivity index (χ0v) is 15.7. The minimum Gasteiger partial charge on any atom is -0.481 e. The Morgan fingerprint density at radius 3 is 1.61 bits per heavy atom. The van der Waals surface area contributed by atoms with Gasteiger partial charge >= 0.3 is 5.97 Å². The van der Waals surface area contributed by atoms with Crippen LogP contribution in [0.1, 0.15) is 29.2 Å². The highest BCUT2D eigenvalue weighted by atomic mass is 16.4. The van der Waals surface area contributed by atoms with Gasteiger partial charge in [-0.15, -0.1) is 0 Å². The maximum Gasteiger partial charge on any atom is 0.306 e. The number of aliphatic hydroxyl groups is 1. The van der Waals surface area contributed by atoms with Gasteiger partial charge in [0, 0.05) is 13.1 Å². The number of nitrogens with zero attached hydrogens (tertiary/aromatic N) is 1. The fourth-order valence-corrected chi connectivity index (χ4v) is 3.51. The number of hydrogen-bond acceptors (Lipinski definition) is 3. The fraction of sp³-hybridized carbons (Fsp3) is 0.208. The fourth-order valence-electron chi connectivity index (χ4n) is 3.51. The second-order valence-corrected chi connectivity index (χ2v) is 6.90. The summed E-state index contributed by atoms with van der Waals surface area (Å²) in [5.41, 5.74) is 3.13. The van der Waals surface area contributed by atoms with Gasteiger partial charge in [-0.3, -0.25) is 9.69 Å². The topological polar surface area (TPSA) is 60.8 Å². The van der Waals surface area contributed by atoms with Crippen LogP contribution < -0.4 is 0 Å². The van der Waals surface area contributed by atoms with E-state index in [2.05, 4.69) is 4.90 Å². The van der Waals surface area contributed by atoms with Crippen LogP contribution in [0.5, 0.6) is 0 Å². The molecule has 0 spiro atoms. The van der Waals surface area contributed by atoms with Crippen LogP contribution in [0.15, 0.2) is 91.0 Å². The quantitative estimate of drug-likeness (QED) is 0.586. The first kappa shape index (κ1) is 19.8. The van der Waals surface area contributed by atoms with E-state index in [0.717, 1.165) is 16.7 Å². The molecule has 0 aromatic heterocycles. The van der Waals surface area contributed by atoms with Gasteiger partial charge in [0.1, 0.15) is 0 Å². The minimum absolute atomic E-state index is 0.306. The van der Waals surface area contributed by atoms with E-state index in [0.29, 0.717) is 13.1 Å². The van der Waals surface area contributed by atoms with Gasteiger partial charge in [0.15, 0.2) is 0 Å². The standard InChI is InChI=1S/C24H25NO3/c26-22(16-23(27)28)24(21-14-8-3-9-15-21)25(17-19-10-4-1-5-11-19)18-20-12-6-2-7-13-20/h1-15,22,24,26H,16-18H2,(H,27,28)/t22-,24-/m0/s1. The van der Waals surface area contributed by atoms with Crippen molar-refractivity contribution in [2.24, 2.45) is 0 Å². The first-order valence-electron chi connectivity index (χ1n) is 9.40. The summed E-state index contributed by atoms with van der Waals surface area (Å²) in [6.45, 7) is 1.21. The Balaban J connectivity index is 1.97. The molecule has 4 nitrogen and oxygen atoms in total. The summed E-state index contributed by atoms with van der Waals surface area (Å²) in [5, 5.41) is 20.1. The lowest BCUT2D eigenvalue weighted by Gasteiger charge is -2.35. The molecule has 0 bridgehead atoms. The third-order valence-corrected chi connectivity index (χ3v) is 4.74. The number of hydrogen-bond donors (Lipinski definition) is 2. The van der Waals surface area contributed by atoms with Crippen molar-refractivity contribution in [2.75, 3.05) is 0 Å². The smallest absolute Gasteiger partial charge is 0.306 e. The number of rotatable bonds is 9. The molecular weight excluding hydrogens is 350 g/mol. The van der Waals surface area contributed by atoms with E-state index in [1.807, 2.05) is 91.0 Å². The summed E-state index contributed by atoms with van der Waals surface area (Å²) in [6, 6.07) is 29.3. The normalized spacial score (nSPS) is 13.2. The lowest BCUT2D eigenvalue weighted by molar-refractivity contribution is -0.140. The summed E-state index contributed by atoms with van der Waals surface area (Å²) in [7, 11) is 0. The van der Waals surface area contributed by atoms with Gasteiger partial charge in [0.2, 0.25) is 0 Å². The average Bonchev–Trinajstić information content (AvgIpc) is 2.70. The third kappa shape index (κ3) is 5.52. The summed E-state index contributed by atoms with van der Waals surface area (Å²) in [6.07, 6.45) is -1.33. The van der Waals surface area contributed by atoms with Crippen LogP contribution in [-0.4, -0.2) is 27.2 Å². The molecule has 2 N–H and O–H groups in total. The Bertz CT molecular complexity index is 811. The molecule has 0 aliphatic rings. The Hall–Kier alpha value is -2.95. The predicted molar refractivity (Wildman–Crippen MR) is 110 cm³/mol. The first-order chi connectivity index (χ1) is 13.6. The van der Waals surface area contributed by atoms with Crippen molar-refractivity contribution in [1.82, 2.24) is 4.90 Å². The Kier molecular flexibility index (Phi) is 6.95. The molecule has 0 amide bonds. The average molecular weight is 375 g/mol. The Morgan fingerprint density at radius 2 is 1.18 bits per heavy atom. The van der Waals surface area contributed by atoms with Gasteiger partial charge < -0.3 is 10.2 Å². The monoisotopic (exact) mass is 375 g/mol. The van der Waals surface area contributed by atoms with Gasteiger partial charge in [-0.2, -0.15) is 0 Å². The van der Waals surface area contributed by atoms with Crippen molar-refractivity contribution in [3.63, 3.8) is 0 Å². The summed E-state index contributed by atoms with van der Waals surface area (Å²) in [5.74, 6) is -1.01. The molecule has 3 aromatic carbocycles. The molecule has 0 aliphatic carbocycles. The molecule has 0 saturated heterocycles. The molecule has 0 saturated carbocycles. The maximum absolute atomic E-state index is 11.3. The zero-order valence-electron chi connectivity index (χ0n) is 15.7. The van der Waals surface area contributed by atoms with Gasteiger partial charge in [0.25, 0.3) is 0 Å². The Morgan fingerprint density at radius 1 is 0.750 bits per heavy atom. The van der Waals surface area contributed by atoms with Gasteiger partial charge in [-0.05, 0) is 16.7 Å². The van der Waals surface area contributed by atoms with Gasteiger partial charge in [-0.1, -0.05) is 91.0 Å². The SMILES string of the molecule is O=C(O)C[C@H](O)[C@H](c1ccccc1)N(Cc1ccccc1)Cc1ccccc1. The van der Waals surface area contributed by atoms with E-state index in [1.165, 1.54) is 0 Å². The van der Waals surface area contributed by atoms with Gasteiger partial charge in [-0.25, -0.2) is 0 Å². The van der Waals surface area contributed by atoms with Crippen LogP contribution in [0.4, 0.5) is 0 Å². The molecule has 144 valence electrons. The molecule has 28 heavy (non-hydrogen) atoms. The van der Waals surface area contributed by atoms with Crippen molar-refractivity contribution >= 4 is 5.97 Å². The van der Waals surface area contributed by atoms with Crippen molar-refractivity contribution in [3.05, 3.63) is 108 Å². The molecule has 0 fully saturated rings. The van der Waals surface area contributed by atoms with Crippen LogP contribution in [0.3, 0.4) is 0 Å². The first-order valence-corrected chi connectivity index (χ1v) is 9.40. The van der Waals surface area contributed by atoms with E-state index in [4.69, 9.17) is 0 Å². The molecule has 0 aliphatic heterocycles. The second-order valence-electron chi connectivity index (χ2n) is 6.90. The molecule has 4 heteroatoms. The number of carbonyl (C=O) groups is 1. The highest BCUT2D eigenvalue weighted by molar-refractivity contribution is 5.67. The van der Waals surface area contributed by atoms with Crippen molar-refractivity contribution in [1.29, 1.82) is 0 Å². The van der Waals surface area contributed by atoms with E-state index in [9.17, 15) is 15.0 Å². The van der Waals surface area contributed by atoms with Crippen molar-refractivity contribution < 1.29 is 15.0 Å². The molecule has 0 unspecified atom stereocenters. The highest BCUT2D eigenvalue weighted by Crippen LogP contribution is 2.29. The molecular formula is C24H25NO3. The van der Waals surface area contributed by atoms with Crippen LogP contribution in [0, 0.1) is 0 Å². The highest BCUT2D eigenvalue weighted by Gasteiger charge is 2.29. The molecule has 0 radical (unpaired) electrons. The lowest BCUT2D eigenvalue weighted by Crippen LogP contribution is -2.37. The molecule has 3 rings (SSSR count). The van der Waals surface area contributed by atoms with Crippen molar-refractivity contribution in [2.45, 2.75) is 31.7 Å². The summed E-state index contributed by atoms with van der Waals surface area (Å²) < 4.78 is 0. The van der Waals surface area contributed by atoms with Crippen LogP contribution in [0.25, 0.3) is 0 Å². The number of benzene rings is 3. The van der Waals surface area contributed by atoms with Crippen LogP contribution >= 0.6 is 0 Å². The minimum atomic E-state index is -1.02. The second kappa shape index (κ2) is 9.83. The van der Waals surface area contributed by atoms with E-state index in [1.54, 1.807) is 0 Å². The zero-order chi connectivity index (χ0) is 19.8. The van der Waals surface area contributed by atoms with Crippen molar-refractivity contribution in [3.8, 4) is 0 Å². The summed E-state index contributed by atoms with van der Waals surface area (Å²) in [4.78, 5) is 13.5. The van der Waals surface area contributed by atoms with E-state index < -0.39 is 18.1 Å². The van der Waals surface area contributed by atoms with E-state index in [-0.39, 0.29) is 6.42 Å². The van der Waals surface area contributed by atoms with Crippen LogP contribution in [-0.2, 0) is 17.9 Å². The maximum atomic E-state index is 11.3. The predicted octanol–water partition coefficient (Wildman–Crippen LogP) is 4.27.